The van der Waals surface area contributed by atoms with Gasteiger partial charge in [0.1, 0.15) is 11.9 Å². The summed E-state index contributed by atoms with van der Waals surface area (Å²) in [4.78, 5) is 25.8. The average molecular weight is 421 g/mol. The lowest BCUT2D eigenvalue weighted by molar-refractivity contribution is -0.127. The van der Waals surface area contributed by atoms with Crippen LogP contribution in [0.5, 0.6) is 0 Å². The zero-order chi connectivity index (χ0) is 22.2. The molecule has 0 saturated carbocycles. The molecule has 0 spiro atoms. The highest BCUT2D eigenvalue weighted by molar-refractivity contribution is 5.99. The summed E-state index contributed by atoms with van der Waals surface area (Å²) in [5.74, 6) is 5.35. The van der Waals surface area contributed by atoms with Crippen LogP contribution in [-0.4, -0.2) is 30.1 Å². The van der Waals surface area contributed by atoms with Gasteiger partial charge in [0, 0.05) is 30.8 Å². The van der Waals surface area contributed by atoms with Crippen LogP contribution in [0.25, 0.3) is 17.2 Å². The van der Waals surface area contributed by atoms with E-state index in [1.54, 1.807) is 12.1 Å². The zero-order valence-corrected chi connectivity index (χ0v) is 17.9. The van der Waals surface area contributed by atoms with Crippen LogP contribution in [0.15, 0.2) is 63.6 Å². The van der Waals surface area contributed by atoms with E-state index in [0.29, 0.717) is 17.7 Å². The molecule has 1 atom stereocenters. The lowest BCUT2D eigenvalue weighted by Gasteiger charge is -2.23. The number of hydrogen-bond acceptors (Lipinski definition) is 6. The van der Waals surface area contributed by atoms with E-state index >= 15 is 0 Å². The predicted octanol–water partition coefficient (Wildman–Crippen LogP) is 5.25. The number of anilines is 1. The predicted molar refractivity (Wildman–Crippen MR) is 124 cm³/mol. The number of hydrogen-bond donors (Lipinski definition) is 2. The number of carbonyl (C=O) groups is 1. The van der Waals surface area contributed by atoms with Crippen molar-refractivity contribution in [3.8, 4) is 11.1 Å². The Kier molecular flexibility index (Phi) is 7.48. The second kappa shape index (κ2) is 10.5. The molecule has 8 nitrogen and oxygen atoms in total. The number of rotatable bonds is 8. The van der Waals surface area contributed by atoms with Crippen molar-refractivity contribution >= 4 is 23.4 Å². The van der Waals surface area contributed by atoms with Crippen LogP contribution < -0.4 is 11.2 Å². The van der Waals surface area contributed by atoms with E-state index < -0.39 is 6.17 Å². The molecule has 1 amide bonds. The second-order valence-electron chi connectivity index (χ2n) is 7.50. The number of nitrogens with zero attached hydrogens (tertiary/aromatic N) is 4. The monoisotopic (exact) mass is 420 g/mol. The number of carbonyl (C=O) groups excluding carboxylic acids is 1. The van der Waals surface area contributed by atoms with Crippen molar-refractivity contribution in [1.29, 1.82) is 0 Å². The first kappa shape index (κ1) is 22.1. The molecule has 1 aliphatic rings. The standard InChI is InChI=1S/C23H28N6O2/c1-3-11-29(12-4-2)23(30)19-13-18-6-5-17(16-7-9-20(27-31)10-8-16)14-21(18)25-22(15-19)26-28-24/h5-10,13-14,22,25H,3-4,11-12,15H2,1-2H3,(H2,24,26). The van der Waals surface area contributed by atoms with Crippen molar-refractivity contribution in [1.82, 2.24) is 4.90 Å². The number of amides is 1. The summed E-state index contributed by atoms with van der Waals surface area (Å²) in [7, 11) is 0. The van der Waals surface area contributed by atoms with Gasteiger partial charge in [0.05, 0.1) is 0 Å². The number of nitroso groups, excluding NO2 is 1. The zero-order valence-electron chi connectivity index (χ0n) is 17.9. The topological polar surface area (TPSA) is 113 Å². The number of fused-ring (bicyclic) bond motifs is 1. The third-order valence-electron chi connectivity index (χ3n) is 5.18. The Balaban J connectivity index is 1.98. The maximum Gasteiger partial charge on any atom is 0.249 e. The molecule has 0 radical (unpaired) electrons. The van der Waals surface area contributed by atoms with Gasteiger partial charge >= 0.3 is 0 Å². The Morgan fingerprint density at radius 2 is 1.77 bits per heavy atom. The van der Waals surface area contributed by atoms with E-state index in [0.717, 1.165) is 48.3 Å². The number of benzene rings is 2. The van der Waals surface area contributed by atoms with Crippen LogP contribution in [-0.2, 0) is 4.79 Å². The van der Waals surface area contributed by atoms with Crippen molar-refractivity contribution in [3.05, 3.63) is 58.5 Å². The summed E-state index contributed by atoms with van der Waals surface area (Å²) in [6, 6.07) is 13.0. The van der Waals surface area contributed by atoms with Gasteiger partial charge in [-0.15, -0.1) is 10.0 Å². The van der Waals surface area contributed by atoms with Gasteiger partial charge in [-0.25, -0.2) is 0 Å². The van der Waals surface area contributed by atoms with E-state index in [4.69, 9.17) is 5.84 Å². The lowest BCUT2D eigenvalue weighted by atomic mass is 10.0. The third-order valence-corrected chi connectivity index (χ3v) is 5.18. The Labute approximate surface area is 182 Å². The van der Waals surface area contributed by atoms with Crippen LogP contribution in [0.4, 0.5) is 11.4 Å². The first-order chi connectivity index (χ1) is 15.1. The first-order valence-electron chi connectivity index (χ1n) is 10.5. The van der Waals surface area contributed by atoms with E-state index in [2.05, 4.69) is 34.7 Å². The second-order valence-corrected chi connectivity index (χ2v) is 7.50. The molecule has 1 unspecified atom stereocenters. The quantitative estimate of drug-likeness (QED) is 0.263. The van der Waals surface area contributed by atoms with Crippen LogP contribution >= 0.6 is 0 Å². The van der Waals surface area contributed by atoms with E-state index in [1.807, 2.05) is 41.3 Å². The molecule has 1 aliphatic heterocycles. The fraction of sp³-hybridized carbons (Fsp3) is 0.348. The molecule has 8 heteroatoms. The van der Waals surface area contributed by atoms with Crippen LogP contribution in [0.1, 0.15) is 38.7 Å². The van der Waals surface area contributed by atoms with Crippen LogP contribution in [0.2, 0.25) is 0 Å². The van der Waals surface area contributed by atoms with Crippen molar-refractivity contribution in [2.75, 3.05) is 18.4 Å². The lowest BCUT2D eigenvalue weighted by Crippen LogP contribution is -2.34. The maximum atomic E-state index is 13.2. The molecule has 3 N–H and O–H groups in total. The molecule has 0 aromatic heterocycles. The fourth-order valence-electron chi connectivity index (χ4n) is 3.74. The van der Waals surface area contributed by atoms with Crippen molar-refractivity contribution in [2.24, 2.45) is 21.4 Å². The minimum atomic E-state index is -0.441. The molecule has 2 aromatic carbocycles. The molecular weight excluding hydrogens is 392 g/mol. The number of nitrogens with two attached hydrogens (primary N) is 1. The summed E-state index contributed by atoms with van der Waals surface area (Å²) in [6.45, 7) is 5.58. The summed E-state index contributed by atoms with van der Waals surface area (Å²) < 4.78 is 0. The van der Waals surface area contributed by atoms with Gasteiger partial charge in [0.2, 0.25) is 5.91 Å². The van der Waals surface area contributed by atoms with Gasteiger partial charge in [-0.05, 0) is 59.0 Å². The highest BCUT2D eigenvalue weighted by atomic mass is 16.3. The molecular formula is C23H28N6O2. The highest BCUT2D eigenvalue weighted by Crippen LogP contribution is 2.32. The number of nitrogens with one attached hydrogen (secondary N) is 1. The van der Waals surface area contributed by atoms with Gasteiger partial charge in [-0.3, -0.25) is 4.79 Å². The smallest absolute Gasteiger partial charge is 0.249 e. The van der Waals surface area contributed by atoms with Gasteiger partial charge in [-0.2, -0.15) is 0 Å². The molecule has 0 saturated heterocycles. The SMILES string of the molecule is CCCN(CCC)C(=O)C1=Cc2ccc(-c3ccc(N=O)cc3)cc2NC(N=NN)C1. The molecule has 0 fully saturated rings. The van der Waals surface area contributed by atoms with Gasteiger partial charge in [0.25, 0.3) is 0 Å². The summed E-state index contributed by atoms with van der Waals surface area (Å²) in [5.41, 5.74) is 4.73. The molecule has 1 heterocycles. The summed E-state index contributed by atoms with van der Waals surface area (Å²) in [6.07, 6.45) is 3.69. The molecule has 162 valence electrons. The van der Waals surface area contributed by atoms with Crippen LogP contribution in [0, 0.1) is 4.91 Å². The Bertz CT molecular complexity index is 978. The maximum absolute atomic E-state index is 13.2. The van der Waals surface area contributed by atoms with Crippen molar-refractivity contribution in [3.63, 3.8) is 0 Å². The van der Waals surface area contributed by atoms with Crippen molar-refractivity contribution in [2.45, 2.75) is 39.3 Å². The Morgan fingerprint density at radius 1 is 1.10 bits per heavy atom. The fourth-order valence-corrected chi connectivity index (χ4v) is 3.74. The molecule has 0 bridgehead atoms. The normalized spacial score (nSPS) is 15.5. The molecule has 2 aromatic rings. The third kappa shape index (κ3) is 5.33. The summed E-state index contributed by atoms with van der Waals surface area (Å²) >= 11 is 0. The van der Waals surface area contributed by atoms with E-state index in [-0.39, 0.29) is 5.91 Å². The molecule has 3 rings (SSSR count). The van der Waals surface area contributed by atoms with Crippen LogP contribution in [0.3, 0.4) is 0 Å². The molecule has 0 aliphatic carbocycles. The first-order valence-corrected chi connectivity index (χ1v) is 10.5. The van der Waals surface area contributed by atoms with Crippen molar-refractivity contribution < 1.29 is 4.79 Å². The minimum Gasteiger partial charge on any atom is -0.361 e. The minimum absolute atomic E-state index is 0.0246. The molecule has 31 heavy (non-hydrogen) atoms. The van der Waals surface area contributed by atoms with Gasteiger partial charge < -0.3 is 16.1 Å². The van der Waals surface area contributed by atoms with E-state index in [9.17, 15) is 9.70 Å². The Hall–Kier alpha value is -3.55. The largest absolute Gasteiger partial charge is 0.361 e. The summed E-state index contributed by atoms with van der Waals surface area (Å²) in [5, 5.41) is 13.8. The average Bonchev–Trinajstić information content (AvgIpc) is 2.97. The highest BCUT2D eigenvalue weighted by Gasteiger charge is 2.24. The van der Waals surface area contributed by atoms with Gasteiger partial charge in [-0.1, -0.05) is 43.3 Å². The Morgan fingerprint density at radius 3 is 2.39 bits per heavy atom. The van der Waals surface area contributed by atoms with Gasteiger partial charge in [0.15, 0.2) is 0 Å². The van der Waals surface area contributed by atoms with E-state index in [1.165, 1.54) is 0 Å².